The molecule has 6 nitrogen and oxygen atoms in total. The van der Waals surface area contributed by atoms with Gasteiger partial charge in [-0.2, -0.15) is 0 Å². The number of nitrogens with one attached hydrogen (secondary N) is 1. The summed E-state index contributed by atoms with van der Waals surface area (Å²) in [5.41, 5.74) is 1.18. The molecule has 0 spiro atoms. The van der Waals surface area contributed by atoms with E-state index in [0.29, 0.717) is 17.0 Å². The predicted octanol–water partition coefficient (Wildman–Crippen LogP) is 2.72. The minimum atomic E-state index is -0.531. The monoisotopic (exact) mass is 390 g/mol. The zero-order chi connectivity index (χ0) is 19.4. The molecule has 2 N–H and O–H groups in total. The second-order valence-electron chi connectivity index (χ2n) is 5.76. The number of β-amino-alcohol motifs (C(OH)–C–C–N with tert-alkyl or cyclic N) is 1. The molecule has 1 heterocycles. The van der Waals surface area contributed by atoms with Crippen molar-refractivity contribution in [2.24, 2.45) is 0 Å². The Kier molecular flexibility index (Phi) is 5.73. The number of nitrogens with zero attached hydrogens (tertiary/aromatic N) is 1. The number of aliphatic hydroxyl groups is 1. The summed E-state index contributed by atoms with van der Waals surface area (Å²) in [6, 6.07) is 10.9. The second kappa shape index (κ2) is 8.20. The first kappa shape index (κ1) is 18.9. The number of amides is 2. The molecule has 0 fully saturated rings. The lowest BCUT2D eigenvalue weighted by molar-refractivity contribution is -0.137. The Morgan fingerprint density at radius 2 is 2.00 bits per heavy atom. The Balaban J connectivity index is 1.66. The number of hydrogen-bond acceptors (Lipinski definition) is 5. The van der Waals surface area contributed by atoms with Crippen LogP contribution in [-0.2, 0) is 16.2 Å². The number of carbonyl (C=O) groups is 2. The van der Waals surface area contributed by atoms with E-state index in [9.17, 15) is 14.0 Å². The first-order chi connectivity index (χ1) is 13.0. The van der Waals surface area contributed by atoms with Crippen LogP contribution in [0.2, 0.25) is 5.02 Å². The Bertz CT molecular complexity index is 916. The van der Waals surface area contributed by atoms with Crippen molar-refractivity contribution in [2.45, 2.75) is 6.61 Å². The number of aliphatic hydroxyl groups excluding tert-OH is 1. The summed E-state index contributed by atoms with van der Waals surface area (Å²) in [6.07, 6.45) is 1.16. The van der Waals surface area contributed by atoms with Gasteiger partial charge in [-0.25, -0.2) is 4.39 Å². The molecule has 0 saturated heterocycles. The zero-order valence-corrected chi connectivity index (χ0v) is 14.9. The highest BCUT2D eigenvalue weighted by molar-refractivity contribution is 6.33. The van der Waals surface area contributed by atoms with Crippen LogP contribution in [0.25, 0.3) is 0 Å². The Morgan fingerprint density at radius 1 is 1.19 bits per heavy atom. The molecule has 2 aromatic rings. The molecule has 2 aromatic carbocycles. The third-order valence-electron chi connectivity index (χ3n) is 3.84. The first-order valence-corrected chi connectivity index (χ1v) is 8.48. The quantitative estimate of drug-likeness (QED) is 0.711. The van der Waals surface area contributed by atoms with Gasteiger partial charge < -0.3 is 15.2 Å². The van der Waals surface area contributed by atoms with Crippen molar-refractivity contribution in [1.29, 1.82) is 0 Å². The van der Waals surface area contributed by atoms with Crippen LogP contribution in [-0.4, -0.2) is 35.0 Å². The number of rotatable bonds is 7. The summed E-state index contributed by atoms with van der Waals surface area (Å²) in [5.74, 6) is -0.897. The van der Waals surface area contributed by atoms with Crippen LogP contribution in [0.3, 0.4) is 0 Å². The topological polar surface area (TPSA) is 78.9 Å². The number of carbonyl (C=O) groups excluding carboxylic acids is 2. The van der Waals surface area contributed by atoms with Crippen molar-refractivity contribution in [3.63, 3.8) is 0 Å². The second-order valence-corrected chi connectivity index (χ2v) is 6.17. The van der Waals surface area contributed by atoms with Gasteiger partial charge in [0.2, 0.25) is 0 Å². The van der Waals surface area contributed by atoms with Gasteiger partial charge in [-0.15, -0.1) is 0 Å². The highest BCUT2D eigenvalue weighted by Gasteiger charge is 2.30. The number of ether oxygens (including phenoxy) is 1. The Morgan fingerprint density at radius 3 is 2.70 bits per heavy atom. The first-order valence-electron chi connectivity index (χ1n) is 8.10. The molecular weight excluding hydrogens is 375 g/mol. The summed E-state index contributed by atoms with van der Waals surface area (Å²) in [7, 11) is 0. The van der Waals surface area contributed by atoms with Gasteiger partial charge in [0.05, 0.1) is 23.9 Å². The van der Waals surface area contributed by atoms with Gasteiger partial charge >= 0.3 is 0 Å². The molecule has 1 aliphatic rings. The van der Waals surface area contributed by atoms with E-state index in [1.807, 2.05) is 0 Å². The summed E-state index contributed by atoms with van der Waals surface area (Å²) in [4.78, 5) is 24.8. The number of imide groups is 1. The van der Waals surface area contributed by atoms with E-state index in [1.54, 1.807) is 30.3 Å². The molecule has 0 bridgehead atoms. The SMILES string of the molecule is O=C1C=C(Nc2ccc(OCc3cccc(F)c3)cc2Cl)C(=O)N1CCO. The lowest BCUT2D eigenvalue weighted by atomic mass is 10.2. The molecule has 0 radical (unpaired) electrons. The molecule has 0 saturated carbocycles. The number of hydrogen-bond donors (Lipinski definition) is 2. The van der Waals surface area contributed by atoms with Crippen LogP contribution in [0.1, 0.15) is 5.56 Å². The van der Waals surface area contributed by atoms with Crippen LogP contribution in [0.4, 0.5) is 10.1 Å². The summed E-state index contributed by atoms with van der Waals surface area (Å²) in [6.45, 7) is -0.203. The molecule has 0 aromatic heterocycles. The average Bonchev–Trinajstić information content (AvgIpc) is 2.90. The highest BCUT2D eigenvalue weighted by Crippen LogP contribution is 2.29. The smallest absolute Gasteiger partial charge is 0.277 e. The van der Waals surface area contributed by atoms with Gasteiger partial charge in [0, 0.05) is 12.1 Å². The molecule has 27 heavy (non-hydrogen) atoms. The molecule has 0 aliphatic carbocycles. The average molecular weight is 391 g/mol. The molecule has 0 unspecified atom stereocenters. The standard InChI is InChI=1S/C19H16ClFN2O4/c20-15-9-14(27-11-12-2-1-3-13(21)8-12)4-5-16(15)22-17-10-18(25)23(6-7-24)19(17)26/h1-5,8-10,22,24H,6-7,11H2. The fourth-order valence-electron chi connectivity index (χ4n) is 2.54. The summed E-state index contributed by atoms with van der Waals surface area (Å²) < 4.78 is 18.8. The van der Waals surface area contributed by atoms with Crippen molar-refractivity contribution in [2.75, 3.05) is 18.5 Å². The van der Waals surface area contributed by atoms with Crippen LogP contribution < -0.4 is 10.1 Å². The molecule has 0 atom stereocenters. The van der Waals surface area contributed by atoms with Gasteiger partial charge in [-0.1, -0.05) is 23.7 Å². The van der Waals surface area contributed by atoms with Gasteiger partial charge in [0.25, 0.3) is 11.8 Å². The minimum Gasteiger partial charge on any atom is -0.489 e. The van der Waals surface area contributed by atoms with E-state index in [1.165, 1.54) is 12.1 Å². The fraction of sp³-hybridized carbons (Fsp3) is 0.158. The van der Waals surface area contributed by atoms with E-state index >= 15 is 0 Å². The molecule has 3 rings (SSSR count). The third-order valence-corrected chi connectivity index (χ3v) is 4.15. The fourth-order valence-corrected chi connectivity index (χ4v) is 2.75. The third kappa shape index (κ3) is 4.45. The number of anilines is 1. The maximum atomic E-state index is 13.2. The Labute approximate surface area is 159 Å². The predicted molar refractivity (Wildman–Crippen MR) is 97.7 cm³/mol. The largest absolute Gasteiger partial charge is 0.489 e. The highest BCUT2D eigenvalue weighted by atomic mass is 35.5. The van der Waals surface area contributed by atoms with Gasteiger partial charge in [-0.3, -0.25) is 14.5 Å². The zero-order valence-electron chi connectivity index (χ0n) is 14.1. The number of benzene rings is 2. The van der Waals surface area contributed by atoms with Crippen LogP contribution >= 0.6 is 11.6 Å². The molecule has 2 amide bonds. The minimum absolute atomic E-state index is 0.0695. The van der Waals surface area contributed by atoms with E-state index in [4.69, 9.17) is 21.4 Å². The van der Waals surface area contributed by atoms with Crippen molar-refractivity contribution >= 4 is 29.1 Å². The number of halogens is 2. The molecular formula is C19H16ClFN2O4. The van der Waals surface area contributed by atoms with E-state index in [2.05, 4.69) is 5.32 Å². The van der Waals surface area contributed by atoms with Crippen LogP contribution in [0, 0.1) is 5.82 Å². The van der Waals surface area contributed by atoms with Gasteiger partial charge in [0.1, 0.15) is 23.9 Å². The maximum absolute atomic E-state index is 13.2. The van der Waals surface area contributed by atoms with Crippen LogP contribution in [0.5, 0.6) is 5.75 Å². The van der Waals surface area contributed by atoms with E-state index < -0.39 is 11.8 Å². The lowest BCUT2D eigenvalue weighted by Crippen LogP contribution is -2.34. The molecule has 1 aliphatic heterocycles. The van der Waals surface area contributed by atoms with Crippen molar-refractivity contribution < 1.29 is 23.8 Å². The summed E-state index contributed by atoms with van der Waals surface area (Å²) >= 11 is 6.22. The van der Waals surface area contributed by atoms with E-state index in [0.717, 1.165) is 11.0 Å². The Hall–Kier alpha value is -2.90. The van der Waals surface area contributed by atoms with E-state index in [-0.39, 0.29) is 36.3 Å². The summed E-state index contributed by atoms with van der Waals surface area (Å²) in [5, 5.41) is 12.0. The van der Waals surface area contributed by atoms with Gasteiger partial charge in [0.15, 0.2) is 0 Å². The lowest BCUT2D eigenvalue weighted by Gasteiger charge is -2.14. The van der Waals surface area contributed by atoms with Gasteiger partial charge in [-0.05, 0) is 29.8 Å². The van der Waals surface area contributed by atoms with Crippen molar-refractivity contribution in [3.8, 4) is 5.75 Å². The molecule has 140 valence electrons. The van der Waals surface area contributed by atoms with Crippen molar-refractivity contribution in [3.05, 3.63) is 70.6 Å². The molecule has 8 heteroatoms. The van der Waals surface area contributed by atoms with Crippen molar-refractivity contribution in [1.82, 2.24) is 4.90 Å². The van der Waals surface area contributed by atoms with Crippen LogP contribution in [0.15, 0.2) is 54.2 Å². The maximum Gasteiger partial charge on any atom is 0.277 e. The normalized spacial score (nSPS) is 13.7.